The van der Waals surface area contributed by atoms with Gasteiger partial charge >= 0.3 is 6.03 Å². The third-order valence-electron chi connectivity index (χ3n) is 4.28. The first-order chi connectivity index (χ1) is 11.0. The number of halogens is 1. The Bertz CT molecular complexity index is 531. The average molecular weight is 324 g/mol. The Hall–Kier alpha value is -1.82. The fraction of sp³-hybridized carbons (Fsp3) is 0.588. The molecule has 0 aliphatic heterocycles. The first-order valence-corrected chi connectivity index (χ1v) is 8.09. The zero-order valence-electron chi connectivity index (χ0n) is 13.5. The van der Waals surface area contributed by atoms with Gasteiger partial charge in [-0.1, -0.05) is 25.3 Å². The van der Waals surface area contributed by atoms with E-state index in [1.165, 1.54) is 13.2 Å². The van der Waals surface area contributed by atoms with E-state index in [2.05, 4.69) is 10.6 Å². The lowest BCUT2D eigenvalue weighted by atomic mass is 9.85. The van der Waals surface area contributed by atoms with Crippen LogP contribution in [0.1, 0.15) is 37.7 Å². The first kappa shape index (κ1) is 17.5. The highest BCUT2D eigenvalue weighted by Gasteiger charge is 2.29. The quantitative estimate of drug-likeness (QED) is 0.752. The minimum atomic E-state index is -0.764. The molecule has 1 aromatic rings. The molecule has 1 saturated carbocycles. The molecule has 1 aromatic carbocycles. The van der Waals surface area contributed by atoms with Crippen LogP contribution in [-0.4, -0.2) is 36.9 Å². The predicted molar refractivity (Wildman–Crippen MR) is 86.1 cm³/mol. The molecule has 3 N–H and O–H groups in total. The Labute approximate surface area is 136 Å². The number of nitrogens with one attached hydrogen (secondary N) is 2. The predicted octanol–water partition coefficient (Wildman–Crippen LogP) is 2.37. The summed E-state index contributed by atoms with van der Waals surface area (Å²) in [6.45, 7) is 0.711. The van der Waals surface area contributed by atoms with E-state index in [-0.39, 0.29) is 18.3 Å². The van der Waals surface area contributed by atoms with E-state index in [4.69, 9.17) is 4.74 Å². The lowest BCUT2D eigenvalue weighted by molar-refractivity contribution is 0.00720. The minimum Gasteiger partial charge on any atom is -0.494 e. The van der Waals surface area contributed by atoms with Gasteiger partial charge in [0, 0.05) is 13.1 Å². The molecule has 0 saturated heterocycles. The van der Waals surface area contributed by atoms with Gasteiger partial charge in [-0.25, -0.2) is 9.18 Å². The van der Waals surface area contributed by atoms with Crippen molar-refractivity contribution in [1.29, 1.82) is 0 Å². The van der Waals surface area contributed by atoms with Crippen LogP contribution < -0.4 is 15.4 Å². The summed E-state index contributed by atoms with van der Waals surface area (Å²) in [7, 11) is 1.42. The SMILES string of the molecule is COc1cc(CCNC(=O)NCC2(O)CCCCC2)ccc1F. The number of hydrogen-bond donors (Lipinski definition) is 3. The summed E-state index contributed by atoms with van der Waals surface area (Å²) in [5, 5.41) is 15.8. The van der Waals surface area contributed by atoms with Crippen molar-refractivity contribution in [3.8, 4) is 5.75 Å². The van der Waals surface area contributed by atoms with Crippen LogP contribution >= 0.6 is 0 Å². The molecule has 0 heterocycles. The van der Waals surface area contributed by atoms with Crippen molar-refractivity contribution in [3.05, 3.63) is 29.6 Å². The Kier molecular flexibility index (Phi) is 6.21. The van der Waals surface area contributed by atoms with Crippen LogP contribution in [0.5, 0.6) is 5.75 Å². The molecule has 23 heavy (non-hydrogen) atoms. The van der Waals surface area contributed by atoms with E-state index in [1.54, 1.807) is 12.1 Å². The number of benzene rings is 1. The number of aliphatic hydroxyl groups is 1. The van der Waals surface area contributed by atoms with Crippen LogP contribution in [0.2, 0.25) is 0 Å². The smallest absolute Gasteiger partial charge is 0.314 e. The van der Waals surface area contributed by atoms with E-state index in [9.17, 15) is 14.3 Å². The molecule has 1 fully saturated rings. The molecule has 128 valence electrons. The third-order valence-corrected chi connectivity index (χ3v) is 4.28. The van der Waals surface area contributed by atoms with Gasteiger partial charge in [0.25, 0.3) is 0 Å². The van der Waals surface area contributed by atoms with Crippen LogP contribution in [0.3, 0.4) is 0 Å². The van der Waals surface area contributed by atoms with E-state index in [0.717, 1.165) is 37.7 Å². The van der Waals surface area contributed by atoms with Crippen LogP contribution in [0.15, 0.2) is 18.2 Å². The topological polar surface area (TPSA) is 70.6 Å². The van der Waals surface area contributed by atoms with Crippen LogP contribution in [0, 0.1) is 5.82 Å². The molecule has 2 rings (SSSR count). The summed E-state index contributed by atoms with van der Waals surface area (Å²) in [4.78, 5) is 11.8. The van der Waals surface area contributed by atoms with Crippen LogP contribution in [0.4, 0.5) is 9.18 Å². The maximum absolute atomic E-state index is 13.3. The van der Waals surface area contributed by atoms with Gasteiger partial charge in [-0.05, 0) is 37.0 Å². The third kappa shape index (κ3) is 5.39. The number of hydrogen-bond acceptors (Lipinski definition) is 3. The first-order valence-electron chi connectivity index (χ1n) is 8.09. The summed E-state index contributed by atoms with van der Waals surface area (Å²) in [6.07, 6.45) is 5.22. The van der Waals surface area contributed by atoms with Crippen LogP contribution in [-0.2, 0) is 6.42 Å². The van der Waals surface area contributed by atoms with E-state index in [0.29, 0.717) is 13.0 Å². The normalized spacial score (nSPS) is 16.7. The summed E-state index contributed by atoms with van der Waals surface area (Å²) in [5.41, 5.74) is 0.120. The van der Waals surface area contributed by atoms with Gasteiger partial charge in [-0.3, -0.25) is 0 Å². The fourth-order valence-electron chi connectivity index (χ4n) is 2.87. The molecule has 1 aliphatic rings. The minimum absolute atomic E-state index is 0.200. The second-order valence-corrected chi connectivity index (χ2v) is 6.11. The molecule has 1 aliphatic carbocycles. The van der Waals surface area contributed by atoms with Crippen molar-refractivity contribution in [1.82, 2.24) is 10.6 Å². The maximum atomic E-state index is 13.3. The monoisotopic (exact) mass is 324 g/mol. The summed E-state index contributed by atoms with van der Waals surface area (Å²) in [5.74, 6) is -0.200. The number of carbonyl (C=O) groups excluding carboxylic acids is 1. The number of carbonyl (C=O) groups is 1. The lowest BCUT2D eigenvalue weighted by Gasteiger charge is -2.32. The Morgan fingerprint density at radius 2 is 2.04 bits per heavy atom. The molecule has 5 nitrogen and oxygen atoms in total. The highest BCUT2D eigenvalue weighted by molar-refractivity contribution is 5.73. The number of methoxy groups -OCH3 is 1. The maximum Gasteiger partial charge on any atom is 0.314 e. The fourth-order valence-corrected chi connectivity index (χ4v) is 2.87. The molecule has 0 aromatic heterocycles. The molecule has 0 atom stereocenters. The molecule has 0 radical (unpaired) electrons. The van der Waals surface area contributed by atoms with Gasteiger partial charge in [0.15, 0.2) is 11.6 Å². The largest absolute Gasteiger partial charge is 0.494 e. The number of ether oxygens (including phenoxy) is 1. The van der Waals surface area contributed by atoms with Gasteiger partial charge in [0.05, 0.1) is 12.7 Å². The van der Waals surface area contributed by atoms with Gasteiger partial charge in [0.2, 0.25) is 0 Å². The molecule has 0 unspecified atom stereocenters. The zero-order valence-corrected chi connectivity index (χ0v) is 13.5. The molecule has 6 heteroatoms. The number of rotatable bonds is 6. The highest BCUT2D eigenvalue weighted by atomic mass is 19.1. The molecule has 2 amide bonds. The van der Waals surface area contributed by atoms with Crippen molar-refractivity contribution in [2.24, 2.45) is 0 Å². The van der Waals surface area contributed by atoms with Crippen molar-refractivity contribution in [2.75, 3.05) is 20.2 Å². The van der Waals surface area contributed by atoms with Crippen LogP contribution in [0.25, 0.3) is 0 Å². The average Bonchev–Trinajstić information content (AvgIpc) is 2.55. The summed E-state index contributed by atoms with van der Waals surface area (Å²) in [6, 6.07) is 4.35. The Morgan fingerprint density at radius 1 is 1.30 bits per heavy atom. The van der Waals surface area contributed by atoms with E-state index in [1.807, 2.05) is 0 Å². The van der Waals surface area contributed by atoms with Crippen molar-refractivity contribution in [2.45, 2.75) is 44.1 Å². The number of amides is 2. The zero-order chi connectivity index (χ0) is 16.7. The second-order valence-electron chi connectivity index (χ2n) is 6.11. The van der Waals surface area contributed by atoms with Gasteiger partial charge in [-0.15, -0.1) is 0 Å². The summed E-state index contributed by atoms with van der Waals surface area (Å²) >= 11 is 0. The van der Waals surface area contributed by atoms with Crippen molar-refractivity contribution in [3.63, 3.8) is 0 Å². The van der Waals surface area contributed by atoms with E-state index < -0.39 is 11.4 Å². The Morgan fingerprint density at radius 3 is 2.74 bits per heavy atom. The number of urea groups is 1. The highest BCUT2D eigenvalue weighted by Crippen LogP contribution is 2.27. The summed E-state index contributed by atoms with van der Waals surface area (Å²) < 4.78 is 18.2. The second kappa shape index (κ2) is 8.15. The molecular weight excluding hydrogens is 299 g/mol. The van der Waals surface area contributed by atoms with Gasteiger partial charge in [-0.2, -0.15) is 0 Å². The standard InChI is InChI=1S/C17H25FN2O3/c1-23-15-11-13(5-6-14(15)18)7-10-19-16(21)20-12-17(22)8-3-2-4-9-17/h5-6,11,22H,2-4,7-10,12H2,1H3,(H2,19,20,21). The van der Waals surface area contributed by atoms with Crippen molar-refractivity contribution >= 4 is 6.03 Å². The molecular formula is C17H25FN2O3. The lowest BCUT2D eigenvalue weighted by Crippen LogP contribution is -2.47. The van der Waals surface area contributed by atoms with Gasteiger partial charge in [0.1, 0.15) is 0 Å². The van der Waals surface area contributed by atoms with Crippen molar-refractivity contribution < 1.29 is 19.0 Å². The van der Waals surface area contributed by atoms with E-state index >= 15 is 0 Å². The Balaban J connectivity index is 1.70. The van der Waals surface area contributed by atoms with Gasteiger partial charge < -0.3 is 20.5 Å². The molecule has 0 spiro atoms. The molecule has 0 bridgehead atoms.